The Morgan fingerprint density at radius 1 is 0.968 bits per heavy atom. The SMILES string of the molecule is O=C(c1cnn(-c2ccccc2)n1)N1CCC(Oc2ccc(-n3cccn3)nn2)CC1. The van der Waals surface area contributed by atoms with Crippen molar-refractivity contribution >= 4 is 5.91 Å². The summed E-state index contributed by atoms with van der Waals surface area (Å²) in [5.74, 6) is 0.969. The second-order valence-electron chi connectivity index (χ2n) is 7.14. The number of piperidine rings is 1. The molecule has 0 N–H and O–H groups in total. The molecule has 0 saturated carbocycles. The third-order valence-electron chi connectivity index (χ3n) is 5.08. The average Bonchev–Trinajstić information content (AvgIpc) is 3.53. The van der Waals surface area contributed by atoms with Crippen molar-refractivity contribution < 1.29 is 9.53 Å². The zero-order valence-electron chi connectivity index (χ0n) is 16.7. The van der Waals surface area contributed by atoms with Crippen LogP contribution in [-0.2, 0) is 0 Å². The van der Waals surface area contributed by atoms with E-state index in [0.29, 0.717) is 43.3 Å². The van der Waals surface area contributed by atoms with Crippen molar-refractivity contribution in [3.05, 3.63) is 72.8 Å². The van der Waals surface area contributed by atoms with Gasteiger partial charge in [-0.05, 0) is 24.3 Å². The molecule has 1 aliphatic heterocycles. The molecule has 3 aromatic heterocycles. The van der Waals surface area contributed by atoms with Crippen molar-refractivity contribution in [2.75, 3.05) is 13.1 Å². The van der Waals surface area contributed by atoms with Crippen LogP contribution in [0.5, 0.6) is 5.88 Å². The highest BCUT2D eigenvalue weighted by molar-refractivity contribution is 5.92. The number of aromatic nitrogens is 7. The van der Waals surface area contributed by atoms with Crippen molar-refractivity contribution in [2.45, 2.75) is 18.9 Å². The minimum atomic E-state index is -0.121. The number of ether oxygens (including phenoxy) is 1. The number of para-hydroxylation sites is 1. The highest BCUT2D eigenvalue weighted by atomic mass is 16.5. The van der Waals surface area contributed by atoms with E-state index in [0.717, 1.165) is 5.69 Å². The molecule has 1 amide bonds. The lowest BCUT2D eigenvalue weighted by Crippen LogP contribution is -2.42. The van der Waals surface area contributed by atoms with Gasteiger partial charge in [0.15, 0.2) is 11.5 Å². The summed E-state index contributed by atoms with van der Waals surface area (Å²) in [6.45, 7) is 1.17. The van der Waals surface area contributed by atoms with Gasteiger partial charge in [-0.2, -0.15) is 15.0 Å². The molecule has 156 valence electrons. The lowest BCUT2D eigenvalue weighted by atomic mass is 10.1. The Bertz CT molecular complexity index is 1130. The molecule has 0 atom stereocenters. The van der Waals surface area contributed by atoms with Gasteiger partial charge in [0.2, 0.25) is 5.88 Å². The molecule has 31 heavy (non-hydrogen) atoms. The Hall–Kier alpha value is -4.08. The van der Waals surface area contributed by atoms with Crippen molar-refractivity contribution in [3.8, 4) is 17.4 Å². The Kier molecular flexibility index (Phi) is 5.09. The molecule has 0 spiro atoms. The maximum Gasteiger partial charge on any atom is 0.276 e. The van der Waals surface area contributed by atoms with Gasteiger partial charge in [-0.3, -0.25) is 4.79 Å². The first-order valence-electron chi connectivity index (χ1n) is 10.0. The molecule has 10 heteroatoms. The number of hydrogen-bond acceptors (Lipinski definition) is 7. The van der Waals surface area contributed by atoms with Crippen LogP contribution in [0.1, 0.15) is 23.3 Å². The molecule has 0 unspecified atom stereocenters. The van der Waals surface area contributed by atoms with Crippen molar-refractivity contribution in [2.24, 2.45) is 0 Å². The second kappa shape index (κ2) is 8.34. The third kappa shape index (κ3) is 4.13. The Balaban J connectivity index is 1.16. The van der Waals surface area contributed by atoms with Crippen LogP contribution in [0.4, 0.5) is 0 Å². The quantitative estimate of drug-likeness (QED) is 0.490. The largest absolute Gasteiger partial charge is 0.473 e. The average molecular weight is 416 g/mol. The molecular formula is C21H20N8O2. The highest BCUT2D eigenvalue weighted by Gasteiger charge is 2.26. The summed E-state index contributed by atoms with van der Waals surface area (Å²) >= 11 is 0. The monoisotopic (exact) mass is 416 g/mol. The molecule has 4 aromatic rings. The third-order valence-corrected chi connectivity index (χ3v) is 5.08. The molecule has 0 radical (unpaired) electrons. The Morgan fingerprint density at radius 2 is 1.81 bits per heavy atom. The predicted octanol–water partition coefficient (Wildman–Crippen LogP) is 1.93. The van der Waals surface area contributed by atoms with Gasteiger partial charge >= 0.3 is 0 Å². The first kappa shape index (κ1) is 18.9. The lowest BCUT2D eigenvalue weighted by Gasteiger charge is -2.31. The van der Waals surface area contributed by atoms with Crippen LogP contribution in [0.15, 0.2) is 67.1 Å². The van der Waals surface area contributed by atoms with E-state index in [1.165, 1.54) is 11.0 Å². The second-order valence-corrected chi connectivity index (χ2v) is 7.14. The van der Waals surface area contributed by atoms with Gasteiger partial charge in [-0.25, -0.2) is 4.68 Å². The first-order chi connectivity index (χ1) is 15.3. The minimum absolute atomic E-state index is 0.0195. The number of nitrogens with zero attached hydrogens (tertiary/aromatic N) is 8. The van der Waals surface area contributed by atoms with Gasteiger partial charge < -0.3 is 9.64 Å². The number of likely N-dealkylation sites (tertiary alicyclic amines) is 1. The van der Waals surface area contributed by atoms with Crippen LogP contribution >= 0.6 is 0 Å². The van der Waals surface area contributed by atoms with Crippen LogP contribution in [0, 0.1) is 0 Å². The summed E-state index contributed by atoms with van der Waals surface area (Å²) in [6.07, 6.45) is 6.39. The summed E-state index contributed by atoms with van der Waals surface area (Å²) in [5, 5.41) is 20.9. The molecule has 5 rings (SSSR count). The molecule has 1 aromatic carbocycles. The summed E-state index contributed by atoms with van der Waals surface area (Å²) in [6, 6.07) is 14.9. The normalized spacial score (nSPS) is 14.5. The van der Waals surface area contributed by atoms with Crippen LogP contribution in [0.25, 0.3) is 11.5 Å². The van der Waals surface area contributed by atoms with E-state index in [4.69, 9.17) is 4.74 Å². The number of rotatable bonds is 5. The molecule has 0 bridgehead atoms. The molecule has 10 nitrogen and oxygen atoms in total. The van der Waals surface area contributed by atoms with Crippen LogP contribution in [0.3, 0.4) is 0 Å². The zero-order valence-corrected chi connectivity index (χ0v) is 16.7. The van der Waals surface area contributed by atoms with Crippen LogP contribution < -0.4 is 4.74 Å². The molecule has 1 saturated heterocycles. The van der Waals surface area contributed by atoms with Gasteiger partial charge in [-0.15, -0.1) is 15.3 Å². The smallest absolute Gasteiger partial charge is 0.276 e. The van der Waals surface area contributed by atoms with Crippen molar-refractivity contribution in [3.63, 3.8) is 0 Å². The van der Waals surface area contributed by atoms with E-state index in [1.54, 1.807) is 28.0 Å². The molecule has 1 fully saturated rings. The summed E-state index contributed by atoms with van der Waals surface area (Å²) in [4.78, 5) is 16.0. The van der Waals surface area contributed by atoms with E-state index in [2.05, 4.69) is 25.5 Å². The zero-order chi connectivity index (χ0) is 21.0. The van der Waals surface area contributed by atoms with E-state index in [9.17, 15) is 4.79 Å². The maximum absolute atomic E-state index is 12.8. The molecule has 4 heterocycles. The number of benzene rings is 1. The molecule has 1 aliphatic rings. The number of carbonyl (C=O) groups is 1. The van der Waals surface area contributed by atoms with Gasteiger partial charge in [0, 0.05) is 44.4 Å². The van der Waals surface area contributed by atoms with E-state index < -0.39 is 0 Å². The topological polar surface area (TPSA) is 104 Å². The standard InChI is InChI=1S/C21H20N8O2/c30-21(18-15-23-29(26-18)16-5-2-1-3-6-16)27-13-9-17(10-14-27)31-20-8-7-19(24-25-20)28-12-4-11-22-28/h1-8,11-12,15,17H,9-10,13-14H2. The summed E-state index contributed by atoms with van der Waals surface area (Å²) in [5.41, 5.74) is 1.15. The van der Waals surface area contributed by atoms with Crippen LogP contribution in [-0.4, -0.2) is 65.0 Å². The van der Waals surface area contributed by atoms with Gasteiger partial charge in [0.25, 0.3) is 5.91 Å². The molecule has 0 aliphatic carbocycles. The Morgan fingerprint density at radius 3 is 2.52 bits per heavy atom. The fourth-order valence-corrected chi connectivity index (χ4v) is 3.46. The summed E-state index contributed by atoms with van der Waals surface area (Å²) < 4.78 is 7.58. The fourth-order valence-electron chi connectivity index (χ4n) is 3.46. The first-order valence-corrected chi connectivity index (χ1v) is 10.0. The highest BCUT2D eigenvalue weighted by Crippen LogP contribution is 2.19. The van der Waals surface area contributed by atoms with Gasteiger partial charge in [-0.1, -0.05) is 18.2 Å². The van der Waals surface area contributed by atoms with Crippen LogP contribution in [0.2, 0.25) is 0 Å². The van der Waals surface area contributed by atoms with Crippen molar-refractivity contribution in [1.29, 1.82) is 0 Å². The predicted molar refractivity (Wildman–Crippen MR) is 110 cm³/mol. The number of hydrogen-bond donors (Lipinski definition) is 0. The van der Waals surface area contributed by atoms with Gasteiger partial charge in [0.1, 0.15) is 6.10 Å². The van der Waals surface area contributed by atoms with E-state index >= 15 is 0 Å². The van der Waals surface area contributed by atoms with E-state index in [-0.39, 0.29) is 12.0 Å². The van der Waals surface area contributed by atoms with E-state index in [1.807, 2.05) is 42.5 Å². The molecular weight excluding hydrogens is 396 g/mol. The van der Waals surface area contributed by atoms with Gasteiger partial charge in [0.05, 0.1) is 11.9 Å². The maximum atomic E-state index is 12.8. The van der Waals surface area contributed by atoms with Crippen molar-refractivity contribution in [1.82, 2.24) is 39.9 Å². The summed E-state index contributed by atoms with van der Waals surface area (Å²) in [7, 11) is 0. The lowest BCUT2D eigenvalue weighted by molar-refractivity contribution is 0.0580. The number of amides is 1. The fraction of sp³-hybridized carbons (Fsp3) is 0.238. The number of carbonyl (C=O) groups excluding carboxylic acids is 1. The Labute approximate surface area is 178 Å². The minimum Gasteiger partial charge on any atom is -0.473 e.